The van der Waals surface area contributed by atoms with E-state index in [9.17, 15) is 0 Å². The highest BCUT2D eigenvalue weighted by Gasteiger charge is 2.09. The lowest BCUT2D eigenvalue weighted by Gasteiger charge is -2.15. The van der Waals surface area contributed by atoms with Crippen LogP contribution in [0.15, 0.2) is 0 Å². The van der Waals surface area contributed by atoms with Gasteiger partial charge in [0, 0.05) is 11.8 Å². The fourth-order valence-corrected chi connectivity index (χ4v) is 2.00. The van der Waals surface area contributed by atoms with Crippen LogP contribution in [0, 0.1) is 11.8 Å². The summed E-state index contributed by atoms with van der Waals surface area (Å²) in [7, 11) is 0. The standard InChI is InChI=1S/C10H20Cl2/c1-3-9(7-11)5-6-10(4-2)8-12/h9-10H,3-8H2,1-2H3. The van der Waals surface area contributed by atoms with Crippen LogP contribution in [-0.4, -0.2) is 11.8 Å². The molecule has 74 valence electrons. The van der Waals surface area contributed by atoms with Gasteiger partial charge in [-0.2, -0.15) is 0 Å². The number of hydrogen-bond donors (Lipinski definition) is 0. The molecular formula is C10H20Cl2. The Labute approximate surface area is 86.6 Å². The Balaban J connectivity index is 3.49. The number of hydrogen-bond acceptors (Lipinski definition) is 0. The van der Waals surface area contributed by atoms with Crippen molar-refractivity contribution in [1.29, 1.82) is 0 Å². The molecule has 0 aliphatic rings. The highest BCUT2D eigenvalue weighted by molar-refractivity contribution is 6.18. The van der Waals surface area contributed by atoms with E-state index in [2.05, 4.69) is 13.8 Å². The van der Waals surface area contributed by atoms with Crippen molar-refractivity contribution in [2.45, 2.75) is 39.5 Å². The van der Waals surface area contributed by atoms with Crippen molar-refractivity contribution in [3.05, 3.63) is 0 Å². The molecule has 0 heterocycles. The van der Waals surface area contributed by atoms with Crippen LogP contribution in [0.25, 0.3) is 0 Å². The van der Waals surface area contributed by atoms with Crippen LogP contribution in [0.5, 0.6) is 0 Å². The van der Waals surface area contributed by atoms with Crippen molar-refractivity contribution in [2.75, 3.05) is 11.8 Å². The fraction of sp³-hybridized carbons (Fsp3) is 1.00. The Kier molecular flexibility index (Phi) is 8.59. The van der Waals surface area contributed by atoms with Crippen LogP contribution in [0.2, 0.25) is 0 Å². The van der Waals surface area contributed by atoms with Gasteiger partial charge < -0.3 is 0 Å². The fourth-order valence-electron chi connectivity index (χ4n) is 1.25. The van der Waals surface area contributed by atoms with Crippen molar-refractivity contribution in [3.63, 3.8) is 0 Å². The minimum atomic E-state index is 0.698. The summed E-state index contributed by atoms with van der Waals surface area (Å²) in [6.07, 6.45) is 4.88. The van der Waals surface area contributed by atoms with Crippen LogP contribution in [0.4, 0.5) is 0 Å². The Morgan fingerprint density at radius 3 is 1.33 bits per heavy atom. The quantitative estimate of drug-likeness (QED) is 0.551. The van der Waals surface area contributed by atoms with Gasteiger partial charge in [0.15, 0.2) is 0 Å². The predicted octanol–water partition coefficient (Wildman–Crippen LogP) is 4.30. The van der Waals surface area contributed by atoms with E-state index in [1.807, 2.05) is 0 Å². The summed E-state index contributed by atoms with van der Waals surface area (Å²) in [6.45, 7) is 4.41. The summed E-state index contributed by atoms with van der Waals surface area (Å²) in [6, 6.07) is 0. The normalized spacial score (nSPS) is 16.0. The van der Waals surface area contributed by atoms with E-state index < -0.39 is 0 Å². The summed E-state index contributed by atoms with van der Waals surface area (Å²) in [4.78, 5) is 0. The largest absolute Gasteiger partial charge is 0.126 e. The third-order valence-electron chi connectivity index (χ3n) is 2.57. The maximum atomic E-state index is 5.80. The maximum absolute atomic E-state index is 5.80. The minimum Gasteiger partial charge on any atom is -0.126 e. The molecule has 0 saturated carbocycles. The second-order valence-electron chi connectivity index (χ2n) is 3.43. The zero-order valence-electron chi connectivity index (χ0n) is 8.15. The van der Waals surface area contributed by atoms with Crippen LogP contribution in [0.1, 0.15) is 39.5 Å². The summed E-state index contributed by atoms with van der Waals surface area (Å²) < 4.78 is 0. The minimum absolute atomic E-state index is 0.698. The molecule has 0 aromatic rings. The SMILES string of the molecule is CCC(CCl)CCC(CC)CCl. The van der Waals surface area contributed by atoms with E-state index in [0.29, 0.717) is 11.8 Å². The van der Waals surface area contributed by atoms with Crippen LogP contribution >= 0.6 is 23.2 Å². The Bertz CT molecular complexity index is 73.8. The van der Waals surface area contributed by atoms with Gasteiger partial charge in [0.2, 0.25) is 0 Å². The molecule has 0 aliphatic heterocycles. The van der Waals surface area contributed by atoms with Gasteiger partial charge in [-0.05, 0) is 24.7 Å². The molecule has 12 heavy (non-hydrogen) atoms. The van der Waals surface area contributed by atoms with E-state index in [0.717, 1.165) is 11.8 Å². The first-order valence-corrected chi connectivity index (χ1v) is 5.97. The molecule has 0 N–H and O–H groups in total. The number of alkyl halides is 2. The lowest BCUT2D eigenvalue weighted by Crippen LogP contribution is -2.06. The van der Waals surface area contributed by atoms with Crippen molar-refractivity contribution < 1.29 is 0 Å². The molecule has 0 rings (SSSR count). The van der Waals surface area contributed by atoms with E-state index in [1.54, 1.807) is 0 Å². The maximum Gasteiger partial charge on any atom is 0.0251 e. The van der Waals surface area contributed by atoms with Gasteiger partial charge >= 0.3 is 0 Å². The van der Waals surface area contributed by atoms with Gasteiger partial charge in [0.1, 0.15) is 0 Å². The first-order valence-electron chi connectivity index (χ1n) is 4.90. The molecular weight excluding hydrogens is 191 g/mol. The molecule has 0 fully saturated rings. The number of rotatable bonds is 7. The second-order valence-corrected chi connectivity index (χ2v) is 4.05. The van der Waals surface area contributed by atoms with Crippen LogP contribution < -0.4 is 0 Å². The first kappa shape index (κ1) is 12.6. The van der Waals surface area contributed by atoms with E-state index >= 15 is 0 Å². The van der Waals surface area contributed by atoms with Gasteiger partial charge in [0.25, 0.3) is 0 Å². The van der Waals surface area contributed by atoms with E-state index in [-0.39, 0.29) is 0 Å². The zero-order chi connectivity index (χ0) is 9.40. The summed E-state index contributed by atoms with van der Waals surface area (Å²) >= 11 is 11.6. The molecule has 0 nitrogen and oxygen atoms in total. The number of halogens is 2. The Hall–Kier alpha value is 0.580. The highest BCUT2D eigenvalue weighted by atomic mass is 35.5. The third kappa shape index (κ3) is 5.27. The predicted molar refractivity (Wildman–Crippen MR) is 58.2 cm³/mol. The Morgan fingerprint density at radius 1 is 0.833 bits per heavy atom. The molecule has 2 unspecified atom stereocenters. The summed E-state index contributed by atoms with van der Waals surface area (Å²) in [5.41, 5.74) is 0. The topological polar surface area (TPSA) is 0 Å². The van der Waals surface area contributed by atoms with Gasteiger partial charge in [0.05, 0.1) is 0 Å². The average molecular weight is 211 g/mol. The summed E-state index contributed by atoms with van der Waals surface area (Å²) in [5.74, 6) is 3.00. The molecule has 0 aromatic heterocycles. The third-order valence-corrected chi connectivity index (χ3v) is 3.45. The van der Waals surface area contributed by atoms with Crippen LogP contribution in [-0.2, 0) is 0 Å². The molecule has 0 bridgehead atoms. The molecule has 2 atom stereocenters. The molecule has 2 heteroatoms. The van der Waals surface area contributed by atoms with Gasteiger partial charge in [-0.25, -0.2) is 0 Å². The molecule has 0 radical (unpaired) electrons. The molecule has 0 aliphatic carbocycles. The van der Waals surface area contributed by atoms with Crippen molar-refractivity contribution in [3.8, 4) is 0 Å². The van der Waals surface area contributed by atoms with Crippen LogP contribution in [0.3, 0.4) is 0 Å². The van der Waals surface area contributed by atoms with E-state index in [1.165, 1.54) is 25.7 Å². The van der Waals surface area contributed by atoms with Gasteiger partial charge in [-0.3, -0.25) is 0 Å². The van der Waals surface area contributed by atoms with Gasteiger partial charge in [-0.15, -0.1) is 23.2 Å². The molecule has 0 amide bonds. The molecule has 0 aromatic carbocycles. The van der Waals surface area contributed by atoms with Gasteiger partial charge in [-0.1, -0.05) is 26.7 Å². The molecule has 0 saturated heterocycles. The smallest absolute Gasteiger partial charge is 0.0251 e. The monoisotopic (exact) mass is 210 g/mol. The lowest BCUT2D eigenvalue weighted by atomic mass is 9.95. The highest BCUT2D eigenvalue weighted by Crippen LogP contribution is 2.19. The Morgan fingerprint density at radius 2 is 1.17 bits per heavy atom. The zero-order valence-corrected chi connectivity index (χ0v) is 9.67. The summed E-state index contributed by atoms with van der Waals surface area (Å²) in [5, 5.41) is 0. The van der Waals surface area contributed by atoms with E-state index in [4.69, 9.17) is 23.2 Å². The first-order chi connectivity index (χ1) is 5.78. The second kappa shape index (κ2) is 8.19. The average Bonchev–Trinajstić information content (AvgIpc) is 2.13. The van der Waals surface area contributed by atoms with Crippen molar-refractivity contribution in [2.24, 2.45) is 11.8 Å². The van der Waals surface area contributed by atoms with Crippen molar-refractivity contribution >= 4 is 23.2 Å². The molecule has 0 spiro atoms. The lowest BCUT2D eigenvalue weighted by molar-refractivity contribution is 0.421. The van der Waals surface area contributed by atoms with Crippen molar-refractivity contribution in [1.82, 2.24) is 0 Å².